The quantitative estimate of drug-likeness (QED) is 0.418. The zero-order valence-corrected chi connectivity index (χ0v) is 14.9. The van der Waals surface area contributed by atoms with Gasteiger partial charge in [0.15, 0.2) is 0 Å². The third kappa shape index (κ3) is 16.5. The highest BCUT2D eigenvalue weighted by Crippen LogP contribution is 1.78. The molecule has 0 bridgehead atoms. The van der Waals surface area contributed by atoms with Crippen molar-refractivity contribution in [2.75, 3.05) is 105 Å². The van der Waals surface area contributed by atoms with E-state index in [9.17, 15) is 0 Å². The first-order valence-corrected chi connectivity index (χ1v) is 9.14. The maximum absolute atomic E-state index is 5.53. The van der Waals surface area contributed by atoms with Gasteiger partial charge in [-0.1, -0.05) is 0 Å². The summed E-state index contributed by atoms with van der Waals surface area (Å²) in [4.78, 5) is 0. The van der Waals surface area contributed by atoms with E-state index in [1.54, 1.807) is 0 Å². The molecule has 0 aliphatic carbocycles. The fraction of sp³-hybridized carbons (Fsp3) is 1.00. The Kier molecular flexibility index (Phi) is 17.2. The smallest absolute Gasteiger partial charge is 0.0591 e. The monoisotopic (exact) mass is 348 g/mol. The lowest BCUT2D eigenvalue weighted by Gasteiger charge is -2.10. The largest absolute Gasteiger partial charge is 0.379 e. The molecule has 0 aromatic heterocycles. The predicted octanol–water partition coefficient (Wildman–Crippen LogP) is -1.58. The summed E-state index contributed by atoms with van der Waals surface area (Å²) in [6, 6.07) is 0. The Morgan fingerprint density at radius 3 is 0.625 bits per heavy atom. The zero-order chi connectivity index (χ0) is 17.0. The summed E-state index contributed by atoms with van der Waals surface area (Å²) in [6.45, 7) is 12.7. The molecule has 0 aromatic carbocycles. The SMILES string of the molecule is C1COCCNCCOCCNCCOCCNCCOCCN1. The fourth-order valence-corrected chi connectivity index (χ4v) is 2.06. The summed E-state index contributed by atoms with van der Waals surface area (Å²) in [7, 11) is 0. The maximum atomic E-state index is 5.53. The normalized spacial score (nSPS) is 24.0. The molecule has 0 radical (unpaired) electrons. The van der Waals surface area contributed by atoms with Gasteiger partial charge in [-0.15, -0.1) is 0 Å². The molecule has 1 heterocycles. The maximum Gasteiger partial charge on any atom is 0.0591 e. The molecular formula is C16H36N4O4. The highest BCUT2D eigenvalue weighted by atomic mass is 16.5. The topological polar surface area (TPSA) is 85.0 Å². The summed E-state index contributed by atoms with van der Waals surface area (Å²) in [5.74, 6) is 0. The van der Waals surface area contributed by atoms with E-state index in [1.165, 1.54) is 0 Å². The van der Waals surface area contributed by atoms with Gasteiger partial charge in [0.25, 0.3) is 0 Å². The Labute approximate surface area is 146 Å². The predicted molar refractivity (Wildman–Crippen MR) is 94.8 cm³/mol. The molecule has 1 aliphatic heterocycles. The Morgan fingerprint density at radius 2 is 0.458 bits per heavy atom. The van der Waals surface area contributed by atoms with Crippen LogP contribution in [0.5, 0.6) is 0 Å². The number of hydrogen-bond acceptors (Lipinski definition) is 8. The minimum absolute atomic E-state index is 0.728. The first-order chi connectivity index (χ1) is 12.0. The van der Waals surface area contributed by atoms with Crippen molar-refractivity contribution in [3.8, 4) is 0 Å². The van der Waals surface area contributed by atoms with E-state index in [1.807, 2.05) is 0 Å². The van der Waals surface area contributed by atoms with Crippen LogP contribution in [0.1, 0.15) is 0 Å². The van der Waals surface area contributed by atoms with Gasteiger partial charge in [0.05, 0.1) is 52.9 Å². The van der Waals surface area contributed by atoms with Gasteiger partial charge >= 0.3 is 0 Å². The second-order valence-electron chi connectivity index (χ2n) is 5.45. The summed E-state index contributed by atoms with van der Waals surface area (Å²) in [5, 5.41) is 13.2. The van der Waals surface area contributed by atoms with E-state index in [-0.39, 0.29) is 0 Å². The lowest BCUT2D eigenvalue weighted by molar-refractivity contribution is 0.109. The highest BCUT2D eigenvalue weighted by molar-refractivity contribution is 4.51. The van der Waals surface area contributed by atoms with Crippen LogP contribution in [-0.4, -0.2) is 105 Å². The summed E-state index contributed by atoms with van der Waals surface area (Å²) < 4.78 is 22.1. The summed E-state index contributed by atoms with van der Waals surface area (Å²) >= 11 is 0. The van der Waals surface area contributed by atoms with Crippen LogP contribution in [0.4, 0.5) is 0 Å². The molecule has 24 heavy (non-hydrogen) atoms. The van der Waals surface area contributed by atoms with Gasteiger partial charge in [-0.25, -0.2) is 0 Å². The summed E-state index contributed by atoms with van der Waals surface area (Å²) in [5.41, 5.74) is 0. The standard InChI is InChI=1S/C16H36N4O4/c1-9-21-11-3-18-5-13-23-15-7-20-8-16-24-14-6-19-4-12-22-10-2-17-1/h17-20H,1-16H2. The van der Waals surface area contributed by atoms with E-state index in [4.69, 9.17) is 18.9 Å². The van der Waals surface area contributed by atoms with Crippen molar-refractivity contribution in [2.24, 2.45) is 0 Å². The molecule has 0 spiro atoms. The molecule has 8 nitrogen and oxygen atoms in total. The van der Waals surface area contributed by atoms with Gasteiger partial charge in [-0.05, 0) is 0 Å². The molecule has 0 amide bonds. The van der Waals surface area contributed by atoms with Gasteiger partial charge in [-0.3, -0.25) is 0 Å². The van der Waals surface area contributed by atoms with E-state index in [0.717, 1.165) is 105 Å². The third-order valence-corrected chi connectivity index (χ3v) is 3.39. The molecule has 144 valence electrons. The molecular weight excluding hydrogens is 312 g/mol. The van der Waals surface area contributed by atoms with Crippen molar-refractivity contribution < 1.29 is 18.9 Å². The molecule has 0 saturated carbocycles. The second-order valence-corrected chi connectivity index (χ2v) is 5.45. The van der Waals surface area contributed by atoms with Crippen molar-refractivity contribution in [1.82, 2.24) is 21.3 Å². The van der Waals surface area contributed by atoms with Crippen LogP contribution in [0.2, 0.25) is 0 Å². The van der Waals surface area contributed by atoms with Crippen LogP contribution in [0, 0.1) is 0 Å². The molecule has 8 heteroatoms. The second kappa shape index (κ2) is 19.0. The highest BCUT2D eigenvalue weighted by Gasteiger charge is 1.94. The Bertz CT molecular complexity index is 140. The molecule has 0 atom stereocenters. The first kappa shape index (κ1) is 21.7. The average Bonchev–Trinajstić information content (AvgIpc) is 2.59. The lowest BCUT2D eigenvalue weighted by Crippen LogP contribution is -2.30. The van der Waals surface area contributed by atoms with Gasteiger partial charge in [0.1, 0.15) is 0 Å². The Balaban J connectivity index is 2.00. The van der Waals surface area contributed by atoms with Crippen LogP contribution in [-0.2, 0) is 18.9 Å². The van der Waals surface area contributed by atoms with Gasteiger partial charge in [0.2, 0.25) is 0 Å². The third-order valence-electron chi connectivity index (χ3n) is 3.39. The van der Waals surface area contributed by atoms with Gasteiger partial charge in [0, 0.05) is 52.4 Å². The molecule has 0 unspecified atom stereocenters. The van der Waals surface area contributed by atoms with Crippen LogP contribution >= 0.6 is 0 Å². The van der Waals surface area contributed by atoms with Crippen molar-refractivity contribution in [2.45, 2.75) is 0 Å². The van der Waals surface area contributed by atoms with Gasteiger partial charge in [-0.2, -0.15) is 0 Å². The van der Waals surface area contributed by atoms with Crippen molar-refractivity contribution in [3.63, 3.8) is 0 Å². The van der Waals surface area contributed by atoms with Crippen LogP contribution in [0.25, 0.3) is 0 Å². The molecule has 1 saturated heterocycles. The zero-order valence-electron chi connectivity index (χ0n) is 14.9. The van der Waals surface area contributed by atoms with Crippen LogP contribution in [0.3, 0.4) is 0 Å². The molecule has 1 aliphatic rings. The van der Waals surface area contributed by atoms with E-state index in [2.05, 4.69) is 21.3 Å². The molecule has 4 N–H and O–H groups in total. The number of hydrogen-bond donors (Lipinski definition) is 4. The van der Waals surface area contributed by atoms with Crippen LogP contribution < -0.4 is 21.3 Å². The Morgan fingerprint density at radius 1 is 0.292 bits per heavy atom. The lowest BCUT2D eigenvalue weighted by atomic mass is 10.5. The minimum atomic E-state index is 0.728. The van der Waals surface area contributed by atoms with E-state index >= 15 is 0 Å². The summed E-state index contributed by atoms with van der Waals surface area (Å²) in [6.07, 6.45) is 0. The van der Waals surface area contributed by atoms with E-state index in [0.29, 0.717) is 0 Å². The molecule has 1 rings (SSSR count). The fourth-order valence-electron chi connectivity index (χ4n) is 2.06. The minimum Gasteiger partial charge on any atom is -0.379 e. The van der Waals surface area contributed by atoms with Crippen molar-refractivity contribution >= 4 is 0 Å². The average molecular weight is 348 g/mol. The first-order valence-electron chi connectivity index (χ1n) is 9.14. The number of rotatable bonds is 0. The molecule has 1 fully saturated rings. The van der Waals surface area contributed by atoms with Crippen molar-refractivity contribution in [3.05, 3.63) is 0 Å². The van der Waals surface area contributed by atoms with Crippen LogP contribution in [0.15, 0.2) is 0 Å². The molecule has 0 aromatic rings. The Hall–Kier alpha value is -0.320. The van der Waals surface area contributed by atoms with E-state index < -0.39 is 0 Å². The van der Waals surface area contributed by atoms with Gasteiger partial charge < -0.3 is 40.2 Å². The number of ether oxygens (including phenoxy) is 4. The number of nitrogens with one attached hydrogen (secondary N) is 4. The van der Waals surface area contributed by atoms with Crippen molar-refractivity contribution in [1.29, 1.82) is 0 Å².